The summed E-state index contributed by atoms with van der Waals surface area (Å²) in [5.74, 6) is 0.126. The third-order valence-electron chi connectivity index (χ3n) is 2.45. The second kappa shape index (κ2) is 6.73. The molecule has 0 saturated heterocycles. The van der Waals surface area contributed by atoms with Gasteiger partial charge in [-0.2, -0.15) is 0 Å². The summed E-state index contributed by atoms with van der Waals surface area (Å²) >= 11 is 0. The van der Waals surface area contributed by atoms with Crippen LogP contribution in [0.25, 0.3) is 0 Å². The molecule has 94 valence electrons. The Kier molecular flexibility index (Phi) is 5.26. The number of methoxy groups -OCH3 is 1. The molecule has 0 spiro atoms. The Balaban J connectivity index is 2.36. The molecule has 1 aromatic heterocycles. The van der Waals surface area contributed by atoms with Gasteiger partial charge in [-0.25, -0.2) is 4.98 Å². The van der Waals surface area contributed by atoms with Crippen LogP contribution >= 0.6 is 0 Å². The number of carboxylic acid groups (broad SMARTS) is 1. The van der Waals surface area contributed by atoms with Crippen LogP contribution in [0.4, 0.5) is 5.69 Å². The third-order valence-corrected chi connectivity index (χ3v) is 2.45. The van der Waals surface area contributed by atoms with Crippen molar-refractivity contribution < 1.29 is 14.6 Å². The minimum Gasteiger partial charge on any atom is -0.481 e. The van der Waals surface area contributed by atoms with E-state index in [2.05, 4.69) is 10.3 Å². The van der Waals surface area contributed by atoms with Gasteiger partial charge in [0.25, 0.3) is 0 Å². The largest absolute Gasteiger partial charge is 0.481 e. The average molecular weight is 238 g/mol. The smallest absolute Gasteiger partial charge is 0.303 e. The number of hydrogen-bond acceptors (Lipinski definition) is 4. The molecule has 2 N–H and O–H groups in total. The standard InChI is InChI=1S/C12H18N2O3/c1-9(3-4-12(15)16)8-14-10-5-6-13-11(7-10)17-2/h5-7,9H,3-4,8H2,1-2H3,(H,13,14)(H,15,16). The topological polar surface area (TPSA) is 71.5 Å². The van der Waals surface area contributed by atoms with Crippen molar-refractivity contribution in [1.29, 1.82) is 0 Å². The first-order chi connectivity index (χ1) is 8.11. The molecule has 0 aromatic carbocycles. The van der Waals surface area contributed by atoms with Crippen molar-refractivity contribution in [2.45, 2.75) is 19.8 Å². The van der Waals surface area contributed by atoms with E-state index in [1.54, 1.807) is 13.3 Å². The number of carboxylic acids is 1. The lowest BCUT2D eigenvalue weighted by molar-refractivity contribution is -0.137. The van der Waals surface area contributed by atoms with Crippen molar-refractivity contribution in [3.8, 4) is 5.88 Å². The maximum absolute atomic E-state index is 10.4. The molecule has 0 aliphatic rings. The van der Waals surface area contributed by atoms with Gasteiger partial charge in [-0.3, -0.25) is 4.79 Å². The maximum atomic E-state index is 10.4. The Morgan fingerprint density at radius 3 is 3.06 bits per heavy atom. The molecule has 0 amide bonds. The monoisotopic (exact) mass is 238 g/mol. The molecule has 1 unspecified atom stereocenters. The van der Waals surface area contributed by atoms with Crippen molar-refractivity contribution in [2.24, 2.45) is 5.92 Å². The van der Waals surface area contributed by atoms with Crippen molar-refractivity contribution in [2.75, 3.05) is 19.0 Å². The van der Waals surface area contributed by atoms with Crippen LogP contribution in [0.5, 0.6) is 5.88 Å². The number of anilines is 1. The Bertz CT molecular complexity index is 369. The summed E-state index contributed by atoms with van der Waals surface area (Å²) in [6.45, 7) is 2.76. The number of carbonyl (C=O) groups is 1. The number of nitrogens with one attached hydrogen (secondary N) is 1. The van der Waals surface area contributed by atoms with Crippen molar-refractivity contribution in [3.05, 3.63) is 18.3 Å². The van der Waals surface area contributed by atoms with Gasteiger partial charge in [0.2, 0.25) is 5.88 Å². The highest BCUT2D eigenvalue weighted by Gasteiger charge is 2.05. The molecular weight excluding hydrogens is 220 g/mol. The van der Waals surface area contributed by atoms with Crippen LogP contribution in [0.15, 0.2) is 18.3 Å². The average Bonchev–Trinajstić information content (AvgIpc) is 2.34. The first-order valence-electron chi connectivity index (χ1n) is 5.57. The molecule has 17 heavy (non-hydrogen) atoms. The van der Waals surface area contributed by atoms with Crippen molar-refractivity contribution in [3.63, 3.8) is 0 Å². The second-order valence-corrected chi connectivity index (χ2v) is 4.01. The third kappa shape index (κ3) is 5.19. The van der Waals surface area contributed by atoms with Gasteiger partial charge in [-0.1, -0.05) is 6.92 Å². The van der Waals surface area contributed by atoms with E-state index < -0.39 is 5.97 Å². The van der Waals surface area contributed by atoms with E-state index in [1.807, 2.05) is 19.1 Å². The number of rotatable bonds is 7. The summed E-state index contributed by atoms with van der Waals surface area (Å²) in [7, 11) is 1.57. The summed E-state index contributed by atoms with van der Waals surface area (Å²) in [6.07, 6.45) is 2.55. The van der Waals surface area contributed by atoms with Gasteiger partial charge >= 0.3 is 5.97 Å². The highest BCUT2D eigenvalue weighted by molar-refractivity contribution is 5.66. The van der Waals surface area contributed by atoms with Crippen LogP contribution in [0.2, 0.25) is 0 Å². The lowest BCUT2D eigenvalue weighted by atomic mass is 10.1. The zero-order valence-corrected chi connectivity index (χ0v) is 10.1. The van der Waals surface area contributed by atoms with E-state index >= 15 is 0 Å². The van der Waals surface area contributed by atoms with E-state index in [1.165, 1.54) is 0 Å². The predicted molar refractivity (Wildman–Crippen MR) is 65.3 cm³/mol. The van der Waals surface area contributed by atoms with E-state index in [0.717, 1.165) is 12.2 Å². The molecule has 1 aromatic rings. The minimum atomic E-state index is -0.748. The summed E-state index contributed by atoms with van der Waals surface area (Å²) in [4.78, 5) is 14.4. The van der Waals surface area contributed by atoms with Crippen LogP contribution < -0.4 is 10.1 Å². The first-order valence-corrected chi connectivity index (χ1v) is 5.57. The molecule has 0 saturated carbocycles. The molecular formula is C12H18N2O3. The van der Waals surface area contributed by atoms with E-state index in [4.69, 9.17) is 9.84 Å². The number of pyridine rings is 1. The predicted octanol–water partition coefficient (Wildman–Crippen LogP) is 2.00. The van der Waals surface area contributed by atoms with Crippen LogP contribution in [0.1, 0.15) is 19.8 Å². The molecule has 5 heteroatoms. The van der Waals surface area contributed by atoms with Crippen LogP contribution in [-0.4, -0.2) is 29.7 Å². The van der Waals surface area contributed by atoms with Gasteiger partial charge in [-0.15, -0.1) is 0 Å². The summed E-state index contributed by atoms with van der Waals surface area (Å²) in [5, 5.41) is 11.8. The fraction of sp³-hybridized carbons (Fsp3) is 0.500. The number of aliphatic carboxylic acids is 1. The summed E-state index contributed by atoms with van der Waals surface area (Å²) in [6, 6.07) is 3.66. The zero-order chi connectivity index (χ0) is 12.7. The molecule has 0 radical (unpaired) electrons. The minimum absolute atomic E-state index is 0.211. The molecule has 1 atom stereocenters. The summed E-state index contributed by atoms with van der Waals surface area (Å²) < 4.78 is 5.01. The fourth-order valence-electron chi connectivity index (χ4n) is 1.40. The van der Waals surface area contributed by atoms with Gasteiger partial charge in [0.05, 0.1) is 7.11 Å². The van der Waals surface area contributed by atoms with Crippen molar-refractivity contribution in [1.82, 2.24) is 4.98 Å². The molecule has 0 bridgehead atoms. The summed E-state index contributed by atoms with van der Waals surface area (Å²) in [5.41, 5.74) is 0.930. The Morgan fingerprint density at radius 2 is 2.41 bits per heavy atom. The molecule has 0 fully saturated rings. The van der Waals surface area contributed by atoms with E-state index in [0.29, 0.717) is 18.2 Å². The lowest BCUT2D eigenvalue weighted by Gasteiger charge is -2.12. The van der Waals surface area contributed by atoms with Crippen molar-refractivity contribution >= 4 is 11.7 Å². The van der Waals surface area contributed by atoms with Gasteiger partial charge in [0.15, 0.2) is 0 Å². The quantitative estimate of drug-likeness (QED) is 0.760. The highest BCUT2D eigenvalue weighted by atomic mass is 16.5. The number of hydrogen-bond donors (Lipinski definition) is 2. The second-order valence-electron chi connectivity index (χ2n) is 4.01. The molecule has 0 aliphatic carbocycles. The Hall–Kier alpha value is -1.78. The SMILES string of the molecule is COc1cc(NCC(C)CCC(=O)O)ccn1. The fourth-order valence-corrected chi connectivity index (χ4v) is 1.40. The number of ether oxygens (including phenoxy) is 1. The Labute approximate surface area is 101 Å². The van der Waals surface area contributed by atoms with Crippen LogP contribution in [0, 0.1) is 5.92 Å². The molecule has 1 rings (SSSR count). The van der Waals surface area contributed by atoms with Gasteiger partial charge in [0, 0.05) is 30.9 Å². The molecule has 0 aliphatic heterocycles. The number of aromatic nitrogens is 1. The maximum Gasteiger partial charge on any atom is 0.303 e. The normalized spacial score (nSPS) is 11.9. The van der Waals surface area contributed by atoms with E-state index in [9.17, 15) is 4.79 Å². The molecule has 5 nitrogen and oxygen atoms in total. The molecule has 1 heterocycles. The first kappa shape index (κ1) is 13.3. The van der Waals surface area contributed by atoms with Gasteiger partial charge < -0.3 is 15.2 Å². The number of nitrogens with zero attached hydrogens (tertiary/aromatic N) is 1. The van der Waals surface area contributed by atoms with Crippen LogP contribution in [-0.2, 0) is 4.79 Å². The Morgan fingerprint density at radius 1 is 1.65 bits per heavy atom. The van der Waals surface area contributed by atoms with Crippen LogP contribution in [0.3, 0.4) is 0 Å². The van der Waals surface area contributed by atoms with Gasteiger partial charge in [0.1, 0.15) is 0 Å². The highest BCUT2D eigenvalue weighted by Crippen LogP contribution is 2.14. The lowest BCUT2D eigenvalue weighted by Crippen LogP contribution is -2.12. The zero-order valence-electron chi connectivity index (χ0n) is 10.1. The van der Waals surface area contributed by atoms with E-state index in [-0.39, 0.29) is 6.42 Å². The van der Waals surface area contributed by atoms with Gasteiger partial charge in [-0.05, 0) is 18.4 Å².